The fourth-order valence-electron chi connectivity index (χ4n) is 0. The first-order chi connectivity index (χ1) is 2.64. The van der Waals surface area contributed by atoms with Crippen molar-refractivity contribution < 1.29 is 32.3 Å². The van der Waals surface area contributed by atoms with Gasteiger partial charge in [0.15, 0.2) is 0 Å². The van der Waals surface area contributed by atoms with Gasteiger partial charge in [0.1, 0.15) is 6.04 Å². The van der Waals surface area contributed by atoms with Crippen LogP contribution in [0.2, 0.25) is 0 Å². The fourth-order valence-corrected chi connectivity index (χ4v) is 0. The second kappa shape index (κ2) is 4.33. The summed E-state index contributed by atoms with van der Waals surface area (Å²) >= 11 is 0. The summed E-state index contributed by atoms with van der Waals surface area (Å²) in [5.74, 6) is -0.963. The molecule has 1 atom stereocenters. The van der Waals surface area contributed by atoms with Crippen LogP contribution in [0.3, 0.4) is 0 Å². The van der Waals surface area contributed by atoms with E-state index < -0.39 is 12.0 Å². The van der Waals surface area contributed by atoms with Crippen LogP contribution in [-0.2, 0) is 27.2 Å². The van der Waals surface area contributed by atoms with Gasteiger partial charge in [-0.2, -0.15) is 0 Å². The Morgan fingerprint density at radius 1 is 1.86 bits per heavy atom. The molecule has 3 N–H and O–H groups in total. The van der Waals surface area contributed by atoms with Gasteiger partial charge in [0.2, 0.25) is 0 Å². The van der Waals surface area contributed by atoms with E-state index >= 15 is 0 Å². The number of carboxylic acid groups (broad SMARTS) is 1. The van der Waals surface area contributed by atoms with Crippen molar-refractivity contribution in [1.82, 2.24) is 0 Å². The van der Waals surface area contributed by atoms with E-state index in [1.165, 1.54) is 6.92 Å². The summed E-state index contributed by atoms with van der Waals surface area (Å²) in [5.41, 5.74) is 4.84. The number of carboxylic acids is 1. The molecule has 0 heterocycles. The van der Waals surface area contributed by atoms with Crippen molar-refractivity contribution in [1.29, 1.82) is 0 Å². The van der Waals surface area contributed by atoms with Crippen LogP contribution in [0.5, 0.6) is 0 Å². The van der Waals surface area contributed by atoms with Crippen molar-refractivity contribution in [3.8, 4) is 0 Å². The van der Waals surface area contributed by atoms with Crippen LogP contribution in [0.15, 0.2) is 0 Å². The topological polar surface area (TPSA) is 63.3 Å². The maximum atomic E-state index is 9.57. The Hall–Kier alpha value is 0.170. The molecule has 0 aromatic carbocycles. The summed E-state index contributed by atoms with van der Waals surface area (Å²) < 4.78 is 0. The van der Waals surface area contributed by atoms with Crippen molar-refractivity contribution in [3.05, 3.63) is 0 Å². The molecule has 4 heteroatoms. The van der Waals surface area contributed by atoms with Crippen molar-refractivity contribution >= 4 is 5.97 Å². The van der Waals surface area contributed by atoms with Crippen molar-refractivity contribution in [2.75, 3.05) is 0 Å². The average Bonchev–Trinajstić information content (AvgIpc) is 1.36. The first-order valence-corrected chi connectivity index (χ1v) is 1.63. The van der Waals surface area contributed by atoms with E-state index in [1.54, 1.807) is 0 Å². The van der Waals surface area contributed by atoms with Gasteiger partial charge in [-0.3, -0.25) is 4.79 Å². The maximum absolute atomic E-state index is 9.57. The molecule has 0 aliphatic heterocycles. The van der Waals surface area contributed by atoms with Gasteiger partial charge in [0, 0.05) is 22.4 Å². The Morgan fingerprint density at radius 3 is 2.00 bits per heavy atom. The zero-order valence-electron chi connectivity index (χ0n) is 3.81. The van der Waals surface area contributed by atoms with Gasteiger partial charge < -0.3 is 10.8 Å². The zero-order chi connectivity index (χ0) is 5.15. The van der Waals surface area contributed by atoms with Gasteiger partial charge in [-0.1, -0.05) is 0 Å². The van der Waals surface area contributed by atoms with Crippen LogP contribution in [0, 0.1) is 0 Å². The smallest absolute Gasteiger partial charge is 0.320 e. The number of rotatable bonds is 1. The van der Waals surface area contributed by atoms with Crippen LogP contribution in [0.1, 0.15) is 6.92 Å². The summed E-state index contributed by atoms with van der Waals surface area (Å²) in [4.78, 5) is 9.57. The predicted molar refractivity (Wildman–Crippen MR) is 21.3 cm³/mol. The molecule has 0 aromatic heterocycles. The molecule has 0 bridgehead atoms. The minimum atomic E-state index is -0.963. The fraction of sp³-hybridized carbons (Fsp3) is 0.667. The maximum Gasteiger partial charge on any atom is 0.320 e. The summed E-state index contributed by atoms with van der Waals surface area (Å²) in [7, 11) is 0. The van der Waals surface area contributed by atoms with Gasteiger partial charge in [0.05, 0.1) is 0 Å². The molecule has 0 rings (SSSR count). The predicted octanol–water partition coefficient (Wildman–Crippen LogP) is -0.584. The number of aliphatic carboxylic acids is 1. The van der Waals surface area contributed by atoms with Gasteiger partial charge in [0.25, 0.3) is 0 Å². The molecule has 3 nitrogen and oxygen atoms in total. The molecule has 1 radical (unpaired) electrons. The van der Waals surface area contributed by atoms with Crippen LogP contribution >= 0.6 is 0 Å². The molecule has 47 valence electrons. The van der Waals surface area contributed by atoms with E-state index in [0.29, 0.717) is 0 Å². The van der Waals surface area contributed by atoms with Crippen molar-refractivity contribution in [2.45, 2.75) is 13.0 Å². The standard InChI is InChI=1S/C3H7NO2.Au/c1-2(4)3(5)6;/h2H,4H2,1H3,(H,5,6);/t2-;/m0./s1. The quantitative estimate of drug-likeness (QED) is 0.634. The Kier molecular flexibility index (Phi) is 6.32. The van der Waals surface area contributed by atoms with E-state index in [2.05, 4.69) is 0 Å². The Labute approximate surface area is 57.4 Å². The molecule has 0 unspecified atom stereocenters. The largest absolute Gasteiger partial charge is 0.480 e. The SMILES string of the molecule is C[C@H](N)C(=O)O.[Au]. The molecule has 0 saturated heterocycles. The number of nitrogens with two attached hydrogens (primary N) is 1. The molecule has 7 heavy (non-hydrogen) atoms. The molecular weight excluding hydrogens is 279 g/mol. The van der Waals surface area contributed by atoms with Crippen LogP contribution in [0.4, 0.5) is 0 Å². The molecule has 0 aliphatic rings. The summed E-state index contributed by atoms with van der Waals surface area (Å²) in [6.07, 6.45) is 0. The Bertz CT molecular complexity index is 64.0. The molecule has 0 fully saturated rings. The summed E-state index contributed by atoms with van der Waals surface area (Å²) in [6, 6.07) is -0.731. The monoisotopic (exact) mass is 286 g/mol. The van der Waals surface area contributed by atoms with Crippen LogP contribution in [0.25, 0.3) is 0 Å². The zero-order valence-corrected chi connectivity index (χ0v) is 5.98. The van der Waals surface area contributed by atoms with Crippen LogP contribution < -0.4 is 5.73 Å². The van der Waals surface area contributed by atoms with Crippen LogP contribution in [-0.4, -0.2) is 17.1 Å². The molecule has 0 amide bonds. The second-order valence-electron chi connectivity index (χ2n) is 1.13. The normalized spacial score (nSPS) is 11.7. The van der Waals surface area contributed by atoms with E-state index in [4.69, 9.17) is 10.8 Å². The molecule has 0 saturated carbocycles. The van der Waals surface area contributed by atoms with Gasteiger partial charge in [-0.05, 0) is 6.92 Å². The first-order valence-electron chi connectivity index (χ1n) is 1.63. The van der Waals surface area contributed by atoms with Gasteiger partial charge >= 0.3 is 5.97 Å². The number of carbonyl (C=O) groups is 1. The Morgan fingerprint density at radius 2 is 2.00 bits per heavy atom. The van der Waals surface area contributed by atoms with E-state index in [-0.39, 0.29) is 22.4 Å². The van der Waals surface area contributed by atoms with E-state index in [9.17, 15) is 4.79 Å². The average molecular weight is 286 g/mol. The van der Waals surface area contributed by atoms with Crippen molar-refractivity contribution in [3.63, 3.8) is 0 Å². The first kappa shape index (κ1) is 10.2. The minimum Gasteiger partial charge on any atom is -0.480 e. The van der Waals surface area contributed by atoms with Gasteiger partial charge in [-0.25, -0.2) is 0 Å². The third-order valence-electron chi connectivity index (χ3n) is 0.390. The molecule has 0 spiro atoms. The summed E-state index contributed by atoms with van der Waals surface area (Å²) in [5, 5.41) is 7.87. The molecular formula is C3H7AuNO2. The van der Waals surface area contributed by atoms with E-state index in [1.807, 2.05) is 0 Å². The van der Waals surface area contributed by atoms with Crippen molar-refractivity contribution in [2.24, 2.45) is 5.73 Å². The number of hydrogen-bond donors (Lipinski definition) is 2. The Balaban J connectivity index is 0. The van der Waals surface area contributed by atoms with E-state index in [0.717, 1.165) is 0 Å². The molecule has 0 aliphatic carbocycles. The minimum absolute atomic E-state index is 0. The van der Waals surface area contributed by atoms with Gasteiger partial charge in [-0.15, -0.1) is 0 Å². The second-order valence-corrected chi connectivity index (χ2v) is 1.13. The summed E-state index contributed by atoms with van der Waals surface area (Å²) in [6.45, 7) is 1.42. The third-order valence-corrected chi connectivity index (χ3v) is 0.390. The number of hydrogen-bond acceptors (Lipinski definition) is 2. The third kappa shape index (κ3) is 6.17. The molecule has 0 aromatic rings.